The van der Waals surface area contributed by atoms with E-state index in [4.69, 9.17) is 0 Å². The molecule has 142 valence electrons. The Kier molecular flexibility index (Phi) is 5.98. The average Bonchev–Trinajstić information content (AvgIpc) is 2.86. The fourth-order valence-corrected chi connectivity index (χ4v) is 2.51. The van der Waals surface area contributed by atoms with E-state index in [0.29, 0.717) is 18.2 Å². The predicted octanol–water partition coefficient (Wildman–Crippen LogP) is 3.95. The van der Waals surface area contributed by atoms with Crippen LogP contribution in [0.25, 0.3) is 5.69 Å². The second-order valence-corrected chi connectivity index (χ2v) is 5.50. The number of carbonyl (C=O) groups excluding carboxylic acids is 1. The Bertz CT molecular complexity index is 1050. The summed E-state index contributed by atoms with van der Waals surface area (Å²) in [6.07, 6.45) is 0. The van der Waals surface area contributed by atoms with Gasteiger partial charge < -0.3 is 5.11 Å². The zero-order valence-corrected chi connectivity index (χ0v) is 17.0. The van der Waals surface area contributed by atoms with Crippen molar-refractivity contribution >= 4 is 5.78 Å². The van der Waals surface area contributed by atoms with E-state index in [1.54, 1.807) is 0 Å². The summed E-state index contributed by atoms with van der Waals surface area (Å²) in [7, 11) is 0. The van der Waals surface area contributed by atoms with Gasteiger partial charge in [0.15, 0.2) is 23.3 Å². The monoisotopic (exact) mass is 450 g/mol. The second kappa shape index (κ2) is 7.75. The molecule has 0 bridgehead atoms. The van der Waals surface area contributed by atoms with Gasteiger partial charge in [-0.15, -0.1) is 0 Å². The standard InChI is InChI=1S/C17H8F6N2O2.Zn/c1-6-12(16(26)7-2-8(18)4-9(19)3-7)17(27)25(24-6)15-13(22)10(20)5-11(21)14(15)23;/h2-5,27H,1H3;. The first kappa shape index (κ1) is 21.6. The molecule has 4 nitrogen and oxygen atoms in total. The zero-order chi connectivity index (χ0) is 20.0. The maximum Gasteiger partial charge on any atom is 0.226 e. The van der Waals surface area contributed by atoms with Gasteiger partial charge >= 0.3 is 0 Å². The number of benzene rings is 2. The summed E-state index contributed by atoms with van der Waals surface area (Å²) in [4.78, 5) is 12.5. The quantitative estimate of drug-likeness (QED) is 0.284. The minimum Gasteiger partial charge on any atom is -0.493 e. The number of hydrogen-bond acceptors (Lipinski definition) is 3. The van der Waals surface area contributed by atoms with E-state index in [1.165, 1.54) is 0 Å². The van der Waals surface area contributed by atoms with E-state index in [9.17, 15) is 36.2 Å². The van der Waals surface area contributed by atoms with Crippen molar-refractivity contribution in [3.8, 4) is 11.6 Å². The molecule has 0 fully saturated rings. The molecule has 1 N–H and O–H groups in total. The van der Waals surface area contributed by atoms with Crippen LogP contribution in [-0.2, 0) is 19.5 Å². The number of rotatable bonds is 3. The molecular formula is C17H8F6N2O2Zn. The Hall–Kier alpha value is -2.68. The Morgan fingerprint density at radius 3 is 1.93 bits per heavy atom. The molecule has 0 amide bonds. The fraction of sp³-hybridized carbons (Fsp3) is 0.0588. The number of halogens is 6. The van der Waals surface area contributed by atoms with Crippen LogP contribution in [0.5, 0.6) is 5.88 Å². The van der Waals surface area contributed by atoms with Crippen molar-refractivity contribution in [1.29, 1.82) is 0 Å². The molecule has 0 radical (unpaired) electrons. The molecule has 3 aromatic rings. The molecule has 0 aliphatic carbocycles. The first-order valence-electron chi connectivity index (χ1n) is 7.24. The number of ketones is 1. The summed E-state index contributed by atoms with van der Waals surface area (Å²) in [5.74, 6) is -11.7. The van der Waals surface area contributed by atoms with E-state index in [1.807, 2.05) is 0 Å². The summed E-state index contributed by atoms with van der Waals surface area (Å²) in [6, 6.07) is 1.81. The minimum absolute atomic E-state index is 0. The maximum absolute atomic E-state index is 13.9. The molecule has 3 rings (SSSR count). The van der Waals surface area contributed by atoms with Crippen LogP contribution >= 0.6 is 0 Å². The molecular weight excluding hydrogens is 444 g/mol. The third-order valence-corrected chi connectivity index (χ3v) is 3.69. The van der Waals surface area contributed by atoms with Gasteiger partial charge in [0, 0.05) is 37.2 Å². The summed E-state index contributed by atoms with van der Waals surface area (Å²) in [5, 5.41) is 13.7. The van der Waals surface area contributed by atoms with Crippen LogP contribution in [0.4, 0.5) is 26.3 Å². The van der Waals surface area contributed by atoms with Crippen molar-refractivity contribution < 1.29 is 55.7 Å². The molecule has 0 aliphatic rings. The van der Waals surface area contributed by atoms with Gasteiger partial charge in [0.1, 0.15) is 22.9 Å². The molecule has 11 heteroatoms. The number of carbonyl (C=O) groups is 1. The summed E-state index contributed by atoms with van der Waals surface area (Å²) in [6.45, 7) is 1.14. The van der Waals surface area contributed by atoms with Gasteiger partial charge in [0.25, 0.3) is 0 Å². The van der Waals surface area contributed by atoms with Gasteiger partial charge in [-0.25, -0.2) is 26.3 Å². The van der Waals surface area contributed by atoms with E-state index in [-0.39, 0.29) is 35.9 Å². The number of aromatic hydroxyl groups is 1. The van der Waals surface area contributed by atoms with E-state index in [0.717, 1.165) is 6.92 Å². The first-order chi connectivity index (χ1) is 12.6. The normalized spacial score (nSPS) is 10.7. The molecule has 0 aliphatic heterocycles. The maximum atomic E-state index is 13.9. The number of nitrogens with zero attached hydrogens (tertiary/aromatic N) is 2. The van der Waals surface area contributed by atoms with Gasteiger partial charge in [-0.05, 0) is 19.1 Å². The molecule has 1 heterocycles. The molecule has 2 aromatic carbocycles. The van der Waals surface area contributed by atoms with Crippen LogP contribution in [-0.4, -0.2) is 20.7 Å². The van der Waals surface area contributed by atoms with Gasteiger partial charge in [0.2, 0.25) is 11.7 Å². The molecule has 0 spiro atoms. The van der Waals surface area contributed by atoms with E-state index < -0.39 is 63.4 Å². The summed E-state index contributed by atoms with van der Waals surface area (Å²) >= 11 is 0. The van der Waals surface area contributed by atoms with E-state index >= 15 is 0 Å². The largest absolute Gasteiger partial charge is 0.493 e. The van der Waals surface area contributed by atoms with Crippen molar-refractivity contribution in [2.75, 3.05) is 0 Å². The topological polar surface area (TPSA) is 55.1 Å². The molecule has 1 aromatic heterocycles. The summed E-state index contributed by atoms with van der Waals surface area (Å²) < 4.78 is 81.4. The Balaban J connectivity index is 0.00000280. The first-order valence-corrected chi connectivity index (χ1v) is 7.24. The van der Waals surface area contributed by atoms with Crippen LogP contribution < -0.4 is 0 Å². The van der Waals surface area contributed by atoms with Gasteiger partial charge in [-0.3, -0.25) is 4.79 Å². The third kappa shape index (κ3) is 3.54. The van der Waals surface area contributed by atoms with Crippen molar-refractivity contribution in [3.05, 3.63) is 76.0 Å². The molecule has 28 heavy (non-hydrogen) atoms. The van der Waals surface area contributed by atoms with Crippen LogP contribution in [0.15, 0.2) is 24.3 Å². The Labute approximate surface area is 166 Å². The van der Waals surface area contributed by atoms with Crippen LogP contribution in [0, 0.1) is 41.8 Å². The van der Waals surface area contributed by atoms with Crippen molar-refractivity contribution in [1.82, 2.24) is 9.78 Å². The second-order valence-electron chi connectivity index (χ2n) is 5.50. The van der Waals surface area contributed by atoms with Crippen molar-refractivity contribution in [3.63, 3.8) is 0 Å². The van der Waals surface area contributed by atoms with Gasteiger partial charge in [-0.1, -0.05) is 0 Å². The SMILES string of the molecule is Cc1nn(-c2c(F)c(F)cc(F)c2F)c(O)c1C(=O)c1cc(F)cc(F)c1.[Zn]. The zero-order valence-electron chi connectivity index (χ0n) is 14.0. The van der Waals surface area contributed by atoms with Crippen LogP contribution in [0.1, 0.15) is 21.6 Å². The van der Waals surface area contributed by atoms with E-state index in [2.05, 4.69) is 5.10 Å². The molecule has 0 saturated carbocycles. The third-order valence-electron chi connectivity index (χ3n) is 3.69. The van der Waals surface area contributed by atoms with Crippen LogP contribution in [0.2, 0.25) is 0 Å². The minimum atomic E-state index is -1.86. The van der Waals surface area contributed by atoms with Crippen LogP contribution in [0.3, 0.4) is 0 Å². The molecule has 0 atom stereocenters. The Morgan fingerprint density at radius 2 is 1.43 bits per heavy atom. The predicted molar refractivity (Wildman–Crippen MR) is 79.6 cm³/mol. The number of aromatic nitrogens is 2. The molecule has 0 unspecified atom stereocenters. The van der Waals surface area contributed by atoms with Gasteiger partial charge in [-0.2, -0.15) is 9.78 Å². The fourth-order valence-electron chi connectivity index (χ4n) is 2.51. The smallest absolute Gasteiger partial charge is 0.226 e. The van der Waals surface area contributed by atoms with Crippen molar-refractivity contribution in [2.45, 2.75) is 6.92 Å². The Morgan fingerprint density at radius 1 is 0.929 bits per heavy atom. The van der Waals surface area contributed by atoms with Crippen molar-refractivity contribution in [2.24, 2.45) is 0 Å². The molecule has 0 saturated heterocycles. The number of hydrogen-bond donors (Lipinski definition) is 1. The van der Waals surface area contributed by atoms with Gasteiger partial charge in [0.05, 0.1) is 5.69 Å². The average molecular weight is 452 g/mol. The number of aryl methyl sites for hydroxylation is 1. The summed E-state index contributed by atoms with van der Waals surface area (Å²) in [5.41, 5.74) is -2.86.